The molecule has 0 aliphatic carbocycles. The third-order valence-corrected chi connectivity index (χ3v) is 5.13. The lowest BCUT2D eigenvalue weighted by atomic mass is 10.1. The molecule has 0 bridgehead atoms. The van der Waals surface area contributed by atoms with Gasteiger partial charge in [0.15, 0.2) is 0 Å². The topological polar surface area (TPSA) is 84.3 Å². The summed E-state index contributed by atoms with van der Waals surface area (Å²) >= 11 is 0. The number of fused-ring (bicyclic) bond motifs is 1. The minimum absolute atomic E-state index is 0.0792. The van der Waals surface area contributed by atoms with Crippen LogP contribution in [0.2, 0.25) is 0 Å². The number of nitrogens with one attached hydrogen (secondary N) is 1. The van der Waals surface area contributed by atoms with Crippen LogP contribution < -0.4 is 5.32 Å². The molecule has 1 aliphatic heterocycles. The summed E-state index contributed by atoms with van der Waals surface area (Å²) in [5.74, 6) is -0.847. The quantitative estimate of drug-likeness (QED) is 0.616. The Bertz CT molecular complexity index is 1090. The highest BCUT2D eigenvalue weighted by atomic mass is 16.2. The molecule has 1 N–H and O–H groups in total. The SMILES string of the molecule is Cc1ccc2c(c1)C(=O)N(CCC(=O)NCCc1ccc(-n3cccn3)cc1)C2=O. The maximum Gasteiger partial charge on any atom is 0.261 e. The number of aryl methyl sites for hydroxylation is 1. The molecule has 0 fully saturated rings. The first-order valence-electron chi connectivity index (χ1n) is 9.85. The molecule has 3 amide bonds. The van der Waals surface area contributed by atoms with Crippen LogP contribution >= 0.6 is 0 Å². The monoisotopic (exact) mass is 402 g/mol. The van der Waals surface area contributed by atoms with E-state index < -0.39 is 0 Å². The normalized spacial score (nSPS) is 12.9. The van der Waals surface area contributed by atoms with Crippen LogP contribution in [-0.4, -0.2) is 45.5 Å². The largest absolute Gasteiger partial charge is 0.356 e. The van der Waals surface area contributed by atoms with E-state index in [1.165, 1.54) is 0 Å². The van der Waals surface area contributed by atoms with E-state index in [0.29, 0.717) is 24.1 Å². The number of hydrogen-bond acceptors (Lipinski definition) is 4. The van der Waals surface area contributed by atoms with Gasteiger partial charge in [-0.1, -0.05) is 23.8 Å². The molecule has 0 atom stereocenters. The van der Waals surface area contributed by atoms with Gasteiger partial charge < -0.3 is 5.32 Å². The van der Waals surface area contributed by atoms with E-state index in [2.05, 4.69) is 10.4 Å². The summed E-state index contributed by atoms with van der Waals surface area (Å²) in [6.07, 6.45) is 4.39. The molecule has 0 saturated heterocycles. The number of nitrogens with zero attached hydrogens (tertiary/aromatic N) is 3. The molecule has 2 heterocycles. The van der Waals surface area contributed by atoms with Crippen molar-refractivity contribution >= 4 is 17.7 Å². The Morgan fingerprint density at radius 1 is 1.03 bits per heavy atom. The van der Waals surface area contributed by atoms with Crippen LogP contribution in [0.1, 0.15) is 38.3 Å². The Kier molecular flexibility index (Phi) is 5.43. The van der Waals surface area contributed by atoms with Gasteiger partial charge in [0.2, 0.25) is 5.91 Å². The van der Waals surface area contributed by atoms with Crippen molar-refractivity contribution in [3.05, 3.63) is 83.2 Å². The molecule has 7 heteroatoms. The van der Waals surface area contributed by atoms with Gasteiger partial charge in [-0.25, -0.2) is 4.68 Å². The molecule has 1 aromatic heterocycles. The lowest BCUT2D eigenvalue weighted by molar-refractivity contribution is -0.121. The zero-order valence-corrected chi connectivity index (χ0v) is 16.7. The molecule has 0 radical (unpaired) electrons. The maximum absolute atomic E-state index is 12.5. The van der Waals surface area contributed by atoms with Crippen molar-refractivity contribution in [3.63, 3.8) is 0 Å². The summed E-state index contributed by atoms with van der Waals surface area (Å²) in [4.78, 5) is 38.2. The Morgan fingerprint density at radius 2 is 1.80 bits per heavy atom. The van der Waals surface area contributed by atoms with Gasteiger partial charge in [0.05, 0.1) is 16.8 Å². The van der Waals surface area contributed by atoms with Crippen molar-refractivity contribution in [2.75, 3.05) is 13.1 Å². The molecule has 0 unspecified atom stereocenters. The summed E-state index contributed by atoms with van der Waals surface area (Å²) in [7, 11) is 0. The van der Waals surface area contributed by atoms with Crippen LogP contribution in [0, 0.1) is 6.92 Å². The van der Waals surface area contributed by atoms with Crippen LogP contribution in [0.15, 0.2) is 60.9 Å². The minimum atomic E-state index is -0.333. The molecule has 1 aliphatic rings. The highest BCUT2D eigenvalue weighted by Crippen LogP contribution is 2.23. The number of amides is 3. The third kappa shape index (κ3) is 4.00. The van der Waals surface area contributed by atoms with Crippen molar-refractivity contribution in [1.29, 1.82) is 0 Å². The minimum Gasteiger partial charge on any atom is -0.356 e. The second-order valence-corrected chi connectivity index (χ2v) is 7.28. The Morgan fingerprint density at radius 3 is 2.53 bits per heavy atom. The highest BCUT2D eigenvalue weighted by molar-refractivity contribution is 6.21. The Hall–Kier alpha value is -3.74. The van der Waals surface area contributed by atoms with E-state index in [1.807, 2.05) is 49.5 Å². The lowest BCUT2D eigenvalue weighted by Gasteiger charge is -2.13. The highest BCUT2D eigenvalue weighted by Gasteiger charge is 2.35. The molecule has 7 nitrogen and oxygen atoms in total. The van der Waals surface area contributed by atoms with E-state index in [-0.39, 0.29) is 30.7 Å². The first kappa shape index (κ1) is 19.6. The molecule has 0 saturated carbocycles. The number of hydrogen-bond donors (Lipinski definition) is 1. The average molecular weight is 402 g/mol. The van der Waals surface area contributed by atoms with Gasteiger partial charge in [0.1, 0.15) is 0 Å². The van der Waals surface area contributed by atoms with Gasteiger partial charge in [-0.3, -0.25) is 19.3 Å². The van der Waals surface area contributed by atoms with E-state index in [0.717, 1.165) is 21.7 Å². The number of aromatic nitrogens is 2. The van der Waals surface area contributed by atoms with Crippen molar-refractivity contribution in [2.45, 2.75) is 19.8 Å². The standard InChI is InChI=1S/C23H22N4O3/c1-16-3-8-19-20(15-16)23(30)26(22(19)29)14-10-21(28)24-12-9-17-4-6-18(7-5-17)27-13-2-11-25-27/h2-8,11,13,15H,9-10,12,14H2,1H3,(H,24,28). The molecule has 0 spiro atoms. The molecule has 3 aromatic rings. The fraction of sp³-hybridized carbons (Fsp3) is 0.217. The van der Waals surface area contributed by atoms with Crippen LogP contribution in [0.25, 0.3) is 5.69 Å². The molecule has 4 rings (SSSR count). The van der Waals surface area contributed by atoms with Crippen molar-refractivity contribution in [3.8, 4) is 5.69 Å². The predicted octanol–water partition coefficient (Wildman–Crippen LogP) is 2.53. The molecule has 2 aromatic carbocycles. The Labute approximate surface area is 174 Å². The molecular formula is C23H22N4O3. The fourth-order valence-electron chi connectivity index (χ4n) is 3.49. The van der Waals surface area contributed by atoms with Gasteiger partial charge >= 0.3 is 0 Å². The second kappa shape index (κ2) is 8.32. The number of carbonyl (C=O) groups excluding carboxylic acids is 3. The van der Waals surface area contributed by atoms with Gasteiger partial charge in [0, 0.05) is 31.9 Å². The summed E-state index contributed by atoms with van der Waals surface area (Å²) in [6.45, 7) is 2.44. The van der Waals surface area contributed by atoms with Crippen molar-refractivity contribution in [2.24, 2.45) is 0 Å². The molecule has 152 valence electrons. The average Bonchev–Trinajstić information content (AvgIpc) is 3.35. The summed E-state index contributed by atoms with van der Waals surface area (Å²) in [5.41, 5.74) is 3.82. The summed E-state index contributed by atoms with van der Waals surface area (Å²) in [5, 5.41) is 7.04. The van der Waals surface area contributed by atoms with Crippen molar-refractivity contribution in [1.82, 2.24) is 20.0 Å². The van der Waals surface area contributed by atoms with Gasteiger partial charge in [-0.15, -0.1) is 0 Å². The smallest absolute Gasteiger partial charge is 0.261 e. The van der Waals surface area contributed by atoms with E-state index >= 15 is 0 Å². The number of imide groups is 1. The van der Waals surface area contributed by atoms with Gasteiger partial charge in [0.25, 0.3) is 11.8 Å². The summed E-state index contributed by atoms with van der Waals surface area (Å²) in [6, 6.07) is 15.0. The zero-order chi connectivity index (χ0) is 21.1. The van der Waals surface area contributed by atoms with Crippen LogP contribution in [0.5, 0.6) is 0 Å². The first-order valence-corrected chi connectivity index (χ1v) is 9.85. The first-order chi connectivity index (χ1) is 14.5. The van der Waals surface area contributed by atoms with Crippen LogP contribution in [0.3, 0.4) is 0 Å². The molecule has 30 heavy (non-hydrogen) atoms. The van der Waals surface area contributed by atoms with Gasteiger partial charge in [-0.2, -0.15) is 5.10 Å². The Balaban J connectivity index is 1.24. The third-order valence-electron chi connectivity index (χ3n) is 5.13. The number of rotatable bonds is 7. The van der Waals surface area contributed by atoms with Crippen LogP contribution in [-0.2, 0) is 11.2 Å². The second-order valence-electron chi connectivity index (χ2n) is 7.28. The zero-order valence-electron chi connectivity index (χ0n) is 16.7. The van der Waals surface area contributed by atoms with Crippen LogP contribution in [0.4, 0.5) is 0 Å². The van der Waals surface area contributed by atoms with E-state index in [9.17, 15) is 14.4 Å². The molecular weight excluding hydrogens is 380 g/mol. The lowest BCUT2D eigenvalue weighted by Crippen LogP contribution is -2.35. The number of carbonyl (C=O) groups is 3. The van der Waals surface area contributed by atoms with Gasteiger partial charge in [-0.05, 0) is 49.2 Å². The van der Waals surface area contributed by atoms with Crippen molar-refractivity contribution < 1.29 is 14.4 Å². The van der Waals surface area contributed by atoms with E-state index in [4.69, 9.17) is 0 Å². The van der Waals surface area contributed by atoms with E-state index in [1.54, 1.807) is 23.0 Å². The number of benzene rings is 2. The summed E-state index contributed by atoms with van der Waals surface area (Å²) < 4.78 is 1.78. The fourth-order valence-corrected chi connectivity index (χ4v) is 3.49. The maximum atomic E-state index is 12.5. The predicted molar refractivity (Wildman–Crippen MR) is 111 cm³/mol.